The van der Waals surface area contributed by atoms with Gasteiger partial charge in [0.1, 0.15) is 17.1 Å². The molecule has 104 valence electrons. The van der Waals surface area contributed by atoms with E-state index in [0.717, 1.165) is 10.9 Å². The van der Waals surface area contributed by atoms with Crippen LogP contribution in [0.25, 0.3) is 17.1 Å². The van der Waals surface area contributed by atoms with Crippen LogP contribution in [0, 0.1) is 10.1 Å². The first-order chi connectivity index (χ1) is 10.2. The molecule has 0 fully saturated rings. The standard InChI is InChI=1S/C15H11N3O3/c1-2-10-9-17-15-14(10)13(7-8-16-15)21-12-5-3-11(4-6-12)18(19)20/h2-9H,1H2,(H,16,17). The Morgan fingerprint density at radius 2 is 2.05 bits per heavy atom. The van der Waals surface area contributed by atoms with Gasteiger partial charge in [0.25, 0.3) is 5.69 Å². The predicted molar refractivity (Wildman–Crippen MR) is 79.4 cm³/mol. The molecule has 0 saturated carbocycles. The molecule has 0 aliphatic carbocycles. The van der Waals surface area contributed by atoms with Gasteiger partial charge in [0.05, 0.1) is 10.3 Å². The van der Waals surface area contributed by atoms with E-state index in [1.54, 1.807) is 36.7 Å². The van der Waals surface area contributed by atoms with E-state index in [-0.39, 0.29) is 5.69 Å². The predicted octanol–water partition coefficient (Wildman–Crippen LogP) is 3.91. The highest BCUT2D eigenvalue weighted by molar-refractivity contribution is 5.91. The number of aromatic nitrogens is 2. The number of nitrogens with zero attached hydrogens (tertiary/aromatic N) is 2. The average molecular weight is 281 g/mol. The smallest absolute Gasteiger partial charge is 0.269 e. The van der Waals surface area contributed by atoms with Crippen molar-refractivity contribution in [3.8, 4) is 11.5 Å². The lowest BCUT2D eigenvalue weighted by Gasteiger charge is -2.07. The third kappa shape index (κ3) is 2.34. The lowest BCUT2D eigenvalue weighted by atomic mass is 10.2. The van der Waals surface area contributed by atoms with Crippen LogP contribution < -0.4 is 4.74 Å². The summed E-state index contributed by atoms with van der Waals surface area (Å²) in [5.41, 5.74) is 1.61. The molecule has 2 aromatic heterocycles. The summed E-state index contributed by atoms with van der Waals surface area (Å²) < 4.78 is 5.80. The zero-order valence-electron chi connectivity index (χ0n) is 10.9. The topological polar surface area (TPSA) is 81.0 Å². The van der Waals surface area contributed by atoms with E-state index < -0.39 is 4.92 Å². The van der Waals surface area contributed by atoms with Crippen LogP contribution in [0.5, 0.6) is 11.5 Å². The van der Waals surface area contributed by atoms with E-state index in [2.05, 4.69) is 16.5 Å². The molecular weight excluding hydrogens is 270 g/mol. The third-order valence-corrected chi connectivity index (χ3v) is 3.06. The van der Waals surface area contributed by atoms with Crippen molar-refractivity contribution in [3.05, 3.63) is 65.0 Å². The van der Waals surface area contributed by atoms with Crippen LogP contribution in [0.4, 0.5) is 5.69 Å². The van der Waals surface area contributed by atoms with Crippen molar-refractivity contribution in [1.29, 1.82) is 0 Å². The Bertz CT molecular complexity index is 822. The molecule has 0 amide bonds. The fraction of sp³-hybridized carbons (Fsp3) is 0. The Morgan fingerprint density at radius 3 is 2.71 bits per heavy atom. The summed E-state index contributed by atoms with van der Waals surface area (Å²) in [6, 6.07) is 7.67. The van der Waals surface area contributed by atoms with E-state index in [0.29, 0.717) is 17.1 Å². The summed E-state index contributed by atoms with van der Waals surface area (Å²) >= 11 is 0. The van der Waals surface area contributed by atoms with Gasteiger partial charge in [-0.3, -0.25) is 10.1 Å². The SMILES string of the molecule is C=Cc1c[nH]c2nccc(Oc3ccc([N+](=O)[O-])cc3)c12. The number of nitro groups is 1. The van der Waals surface area contributed by atoms with Crippen molar-refractivity contribution < 1.29 is 9.66 Å². The molecule has 1 aromatic carbocycles. The molecule has 2 heterocycles. The second kappa shape index (κ2) is 5.09. The van der Waals surface area contributed by atoms with Crippen LogP contribution >= 0.6 is 0 Å². The summed E-state index contributed by atoms with van der Waals surface area (Å²) in [5.74, 6) is 1.13. The Kier molecular flexibility index (Phi) is 3.12. The summed E-state index contributed by atoms with van der Waals surface area (Å²) in [6.45, 7) is 3.75. The molecule has 0 aliphatic rings. The number of rotatable bonds is 4. The van der Waals surface area contributed by atoms with E-state index in [1.165, 1.54) is 12.1 Å². The number of hydrogen-bond donors (Lipinski definition) is 1. The molecule has 0 radical (unpaired) electrons. The van der Waals surface area contributed by atoms with Crippen LogP contribution in [0.1, 0.15) is 5.56 Å². The minimum atomic E-state index is -0.448. The maximum atomic E-state index is 10.6. The number of non-ortho nitro benzene ring substituents is 1. The van der Waals surface area contributed by atoms with Crippen molar-refractivity contribution in [2.75, 3.05) is 0 Å². The molecule has 6 heteroatoms. The number of pyridine rings is 1. The average Bonchev–Trinajstić information content (AvgIpc) is 2.92. The molecular formula is C15H11N3O3. The minimum absolute atomic E-state index is 0.0238. The first kappa shape index (κ1) is 12.9. The number of aromatic amines is 1. The van der Waals surface area contributed by atoms with Crippen molar-refractivity contribution in [2.24, 2.45) is 0 Å². The molecule has 0 spiro atoms. The second-order valence-electron chi connectivity index (χ2n) is 4.33. The lowest BCUT2D eigenvalue weighted by molar-refractivity contribution is -0.384. The number of fused-ring (bicyclic) bond motifs is 1. The highest BCUT2D eigenvalue weighted by Gasteiger charge is 2.10. The largest absolute Gasteiger partial charge is 0.457 e. The maximum Gasteiger partial charge on any atom is 0.269 e. The summed E-state index contributed by atoms with van der Waals surface area (Å²) in [5, 5.41) is 11.5. The summed E-state index contributed by atoms with van der Waals surface area (Å²) in [6.07, 6.45) is 5.14. The van der Waals surface area contributed by atoms with Crippen molar-refractivity contribution in [3.63, 3.8) is 0 Å². The van der Waals surface area contributed by atoms with Gasteiger partial charge in [0.2, 0.25) is 0 Å². The lowest BCUT2D eigenvalue weighted by Crippen LogP contribution is -1.89. The number of nitro benzene ring substituents is 1. The fourth-order valence-electron chi connectivity index (χ4n) is 2.06. The molecule has 0 bridgehead atoms. The minimum Gasteiger partial charge on any atom is -0.457 e. The third-order valence-electron chi connectivity index (χ3n) is 3.06. The zero-order chi connectivity index (χ0) is 14.8. The van der Waals surface area contributed by atoms with Crippen LogP contribution in [0.2, 0.25) is 0 Å². The van der Waals surface area contributed by atoms with E-state index in [4.69, 9.17) is 4.74 Å². The number of nitrogens with one attached hydrogen (secondary N) is 1. The van der Waals surface area contributed by atoms with Crippen LogP contribution in [-0.2, 0) is 0 Å². The number of benzene rings is 1. The second-order valence-corrected chi connectivity index (χ2v) is 4.33. The Labute approximate surface area is 119 Å². The maximum absolute atomic E-state index is 10.6. The van der Waals surface area contributed by atoms with Gasteiger partial charge in [0.15, 0.2) is 0 Å². The number of ether oxygens (including phenoxy) is 1. The van der Waals surface area contributed by atoms with Gasteiger partial charge < -0.3 is 9.72 Å². The molecule has 0 saturated heterocycles. The highest BCUT2D eigenvalue weighted by atomic mass is 16.6. The summed E-state index contributed by atoms with van der Waals surface area (Å²) in [7, 11) is 0. The molecule has 0 aliphatic heterocycles. The van der Waals surface area contributed by atoms with Crippen LogP contribution in [0.3, 0.4) is 0 Å². The van der Waals surface area contributed by atoms with Crippen molar-refractivity contribution in [2.45, 2.75) is 0 Å². The van der Waals surface area contributed by atoms with Gasteiger partial charge >= 0.3 is 0 Å². The number of H-pyrrole nitrogens is 1. The zero-order valence-corrected chi connectivity index (χ0v) is 10.9. The van der Waals surface area contributed by atoms with Gasteiger partial charge in [-0.25, -0.2) is 4.98 Å². The van der Waals surface area contributed by atoms with Gasteiger partial charge in [-0.15, -0.1) is 0 Å². The van der Waals surface area contributed by atoms with Gasteiger partial charge in [-0.2, -0.15) is 0 Å². The molecule has 6 nitrogen and oxygen atoms in total. The Morgan fingerprint density at radius 1 is 1.29 bits per heavy atom. The molecule has 0 atom stereocenters. The normalized spacial score (nSPS) is 10.5. The van der Waals surface area contributed by atoms with E-state index in [9.17, 15) is 10.1 Å². The van der Waals surface area contributed by atoms with Gasteiger partial charge in [-0.1, -0.05) is 12.7 Å². The first-order valence-corrected chi connectivity index (χ1v) is 6.20. The van der Waals surface area contributed by atoms with Gasteiger partial charge in [-0.05, 0) is 18.2 Å². The van der Waals surface area contributed by atoms with Crippen LogP contribution in [-0.4, -0.2) is 14.9 Å². The molecule has 21 heavy (non-hydrogen) atoms. The number of hydrogen-bond acceptors (Lipinski definition) is 4. The van der Waals surface area contributed by atoms with Crippen molar-refractivity contribution in [1.82, 2.24) is 9.97 Å². The molecule has 0 unspecified atom stereocenters. The van der Waals surface area contributed by atoms with E-state index >= 15 is 0 Å². The van der Waals surface area contributed by atoms with Gasteiger partial charge in [0, 0.05) is 30.1 Å². The summed E-state index contributed by atoms with van der Waals surface area (Å²) in [4.78, 5) is 17.4. The molecule has 1 N–H and O–H groups in total. The quantitative estimate of drug-likeness (QED) is 0.580. The fourth-order valence-corrected chi connectivity index (χ4v) is 2.06. The molecule has 3 rings (SSSR count). The van der Waals surface area contributed by atoms with Crippen LogP contribution in [0.15, 0.2) is 49.3 Å². The molecule has 3 aromatic rings. The van der Waals surface area contributed by atoms with E-state index in [1.807, 2.05) is 0 Å². The Hall–Kier alpha value is -3.15. The van der Waals surface area contributed by atoms with Crippen molar-refractivity contribution >= 4 is 22.8 Å². The monoisotopic (exact) mass is 281 g/mol. The first-order valence-electron chi connectivity index (χ1n) is 6.20. The Balaban J connectivity index is 1.99. The highest BCUT2D eigenvalue weighted by Crippen LogP contribution is 2.32.